The molecule has 0 spiro atoms. The van der Waals surface area contributed by atoms with Crippen molar-refractivity contribution in [3.63, 3.8) is 0 Å². The van der Waals surface area contributed by atoms with Crippen molar-refractivity contribution in [1.29, 1.82) is 0 Å². The van der Waals surface area contributed by atoms with Crippen LogP contribution in [-0.2, 0) is 11.3 Å². The normalized spacial score (nSPS) is 11.3. The standard InChI is InChI=1S/C11H13Cl3N2O2/c1-8-3-6-16(9(17)7-8)5-2-4-15-10(18)11(12,13)14/h3,6-7H,2,4-5H2,1H3,(H,15,18). The van der Waals surface area contributed by atoms with Crippen LogP contribution in [0.2, 0.25) is 0 Å². The molecule has 1 N–H and O–H groups in total. The van der Waals surface area contributed by atoms with Crippen molar-refractivity contribution in [2.75, 3.05) is 6.54 Å². The van der Waals surface area contributed by atoms with Gasteiger partial charge in [-0.2, -0.15) is 0 Å². The molecule has 0 saturated carbocycles. The summed E-state index contributed by atoms with van der Waals surface area (Å²) in [5.74, 6) is -0.663. The van der Waals surface area contributed by atoms with Gasteiger partial charge in [-0.25, -0.2) is 0 Å². The number of nitrogens with one attached hydrogen (secondary N) is 1. The molecule has 1 amide bonds. The van der Waals surface area contributed by atoms with Crippen molar-refractivity contribution in [3.8, 4) is 0 Å². The van der Waals surface area contributed by atoms with Crippen LogP contribution in [0.15, 0.2) is 23.1 Å². The fourth-order valence-corrected chi connectivity index (χ4v) is 1.54. The molecule has 7 heteroatoms. The van der Waals surface area contributed by atoms with Gasteiger partial charge >= 0.3 is 0 Å². The van der Waals surface area contributed by atoms with Crippen LogP contribution < -0.4 is 10.9 Å². The monoisotopic (exact) mass is 310 g/mol. The minimum absolute atomic E-state index is 0.0669. The zero-order chi connectivity index (χ0) is 13.8. The van der Waals surface area contributed by atoms with Crippen LogP contribution in [0.25, 0.3) is 0 Å². The van der Waals surface area contributed by atoms with E-state index in [2.05, 4.69) is 5.32 Å². The molecule has 100 valence electrons. The molecule has 0 aliphatic rings. The predicted molar refractivity (Wildman–Crippen MR) is 73.4 cm³/mol. The maximum absolute atomic E-state index is 11.5. The van der Waals surface area contributed by atoms with E-state index in [0.717, 1.165) is 5.56 Å². The molecule has 4 nitrogen and oxygen atoms in total. The topological polar surface area (TPSA) is 51.1 Å². The first kappa shape index (κ1) is 15.3. The number of carbonyl (C=O) groups excluding carboxylic acids is 1. The maximum Gasteiger partial charge on any atom is 0.272 e. The van der Waals surface area contributed by atoms with Gasteiger partial charge in [0, 0.05) is 25.4 Å². The Balaban J connectivity index is 2.39. The molecule has 1 rings (SSSR count). The highest BCUT2D eigenvalue weighted by atomic mass is 35.6. The van der Waals surface area contributed by atoms with Crippen LogP contribution >= 0.6 is 34.8 Å². The molecule has 0 fully saturated rings. The average Bonchev–Trinajstić information content (AvgIpc) is 2.25. The fraction of sp³-hybridized carbons (Fsp3) is 0.455. The molecule has 0 atom stereocenters. The Kier molecular flexibility index (Phi) is 5.50. The second kappa shape index (κ2) is 6.45. The summed E-state index contributed by atoms with van der Waals surface area (Å²) in [4.78, 5) is 22.8. The Morgan fingerprint density at radius 2 is 2.11 bits per heavy atom. The van der Waals surface area contributed by atoms with E-state index >= 15 is 0 Å². The van der Waals surface area contributed by atoms with E-state index in [9.17, 15) is 9.59 Å². The van der Waals surface area contributed by atoms with Crippen molar-refractivity contribution in [2.24, 2.45) is 0 Å². The fourth-order valence-electron chi connectivity index (χ4n) is 1.34. The molecule has 0 unspecified atom stereocenters. The van der Waals surface area contributed by atoms with Gasteiger partial charge in [-0.15, -0.1) is 0 Å². The predicted octanol–water partition coefficient (Wildman–Crippen LogP) is 2.03. The van der Waals surface area contributed by atoms with Gasteiger partial charge in [-0.05, 0) is 25.0 Å². The van der Waals surface area contributed by atoms with Gasteiger partial charge in [0.1, 0.15) is 0 Å². The first-order chi connectivity index (χ1) is 8.30. The molecule has 1 aromatic rings. The van der Waals surface area contributed by atoms with Crippen LogP contribution in [0.1, 0.15) is 12.0 Å². The minimum atomic E-state index is -1.94. The van der Waals surface area contributed by atoms with Crippen molar-refractivity contribution in [1.82, 2.24) is 9.88 Å². The molecule has 18 heavy (non-hydrogen) atoms. The third-order valence-corrected chi connectivity index (χ3v) is 2.79. The van der Waals surface area contributed by atoms with Crippen LogP contribution in [0.3, 0.4) is 0 Å². The average molecular weight is 312 g/mol. The molecule has 0 aliphatic carbocycles. The molecule has 0 aliphatic heterocycles. The summed E-state index contributed by atoms with van der Waals surface area (Å²) in [6.07, 6.45) is 2.30. The van der Waals surface area contributed by atoms with Crippen LogP contribution in [0.4, 0.5) is 0 Å². The maximum atomic E-state index is 11.5. The Bertz CT molecular complexity index is 480. The number of carbonyl (C=O) groups is 1. The first-order valence-electron chi connectivity index (χ1n) is 5.33. The van der Waals surface area contributed by atoms with E-state index in [1.165, 1.54) is 0 Å². The third-order valence-electron chi connectivity index (χ3n) is 2.27. The molecule has 1 heterocycles. The zero-order valence-electron chi connectivity index (χ0n) is 9.75. The molecule has 0 radical (unpaired) electrons. The Labute approximate surface area is 120 Å². The van der Waals surface area contributed by atoms with Crippen LogP contribution in [0.5, 0.6) is 0 Å². The number of alkyl halides is 3. The lowest BCUT2D eigenvalue weighted by molar-refractivity contribution is -0.120. The van der Waals surface area contributed by atoms with Gasteiger partial charge in [-0.1, -0.05) is 34.8 Å². The lowest BCUT2D eigenvalue weighted by atomic mass is 10.3. The Hall–Kier alpha value is -0.710. The largest absolute Gasteiger partial charge is 0.352 e. The number of rotatable bonds is 4. The quantitative estimate of drug-likeness (QED) is 0.683. The summed E-state index contributed by atoms with van der Waals surface area (Å²) in [7, 11) is 0. The Morgan fingerprint density at radius 1 is 1.44 bits per heavy atom. The van der Waals surface area contributed by atoms with Gasteiger partial charge in [0.25, 0.3) is 15.3 Å². The van der Waals surface area contributed by atoms with Crippen LogP contribution in [0, 0.1) is 6.92 Å². The lowest BCUT2D eigenvalue weighted by Gasteiger charge is -2.11. The highest BCUT2D eigenvalue weighted by molar-refractivity contribution is 6.76. The second-order valence-electron chi connectivity index (χ2n) is 3.84. The summed E-state index contributed by atoms with van der Waals surface area (Å²) >= 11 is 16.2. The minimum Gasteiger partial charge on any atom is -0.352 e. The summed E-state index contributed by atoms with van der Waals surface area (Å²) < 4.78 is -0.380. The van der Waals surface area contributed by atoms with E-state index in [-0.39, 0.29) is 5.56 Å². The number of aromatic nitrogens is 1. The van der Waals surface area contributed by atoms with Crippen molar-refractivity contribution >= 4 is 40.7 Å². The van der Waals surface area contributed by atoms with E-state index < -0.39 is 9.70 Å². The molecular formula is C11H13Cl3N2O2. The Morgan fingerprint density at radius 3 is 2.67 bits per heavy atom. The van der Waals surface area contributed by atoms with E-state index in [1.807, 2.05) is 13.0 Å². The van der Waals surface area contributed by atoms with Gasteiger partial charge in [0.15, 0.2) is 0 Å². The molecule has 0 saturated heterocycles. The smallest absolute Gasteiger partial charge is 0.272 e. The summed E-state index contributed by atoms with van der Waals surface area (Å²) in [6, 6.07) is 3.40. The molecule has 0 aromatic carbocycles. The summed E-state index contributed by atoms with van der Waals surface area (Å²) in [5.41, 5.74) is 0.850. The van der Waals surface area contributed by atoms with Crippen molar-refractivity contribution in [2.45, 2.75) is 23.7 Å². The first-order valence-corrected chi connectivity index (χ1v) is 6.46. The van der Waals surface area contributed by atoms with Crippen molar-refractivity contribution < 1.29 is 4.79 Å². The number of halogens is 3. The van der Waals surface area contributed by atoms with E-state index in [0.29, 0.717) is 19.5 Å². The number of pyridine rings is 1. The van der Waals surface area contributed by atoms with Gasteiger partial charge in [0.05, 0.1) is 0 Å². The molecule has 1 aromatic heterocycles. The van der Waals surface area contributed by atoms with Gasteiger partial charge < -0.3 is 9.88 Å². The van der Waals surface area contributed by atoms with Gasteiger partial charge in [0.2, 0.25) is 0 Å². The number of hydrogen-bond acceptors (Lipinski definition) is 2. The zero-order valence-corrected chi connectivity index (χ0v) is 12.0. The van der Waals surface area contributed by atoms with E-state index in [1.54, 1.807) is 16.8 Å². The number of aryl methyl sites for hydroxylation is 2. The number of nitrogens with zero attached hydrogens (tertiary/aromatic N) is 1. The number of amides is 1. The summed E-state index contributed by atoms with van der Waals surface area (Å²) in [6.45, 7) is 2.69. The third kappa shape index (κ3) is 4.88. The number of hydrogen-bond donors (Lipinski definition) is 1. The van der Waals surface area contributed by atoms with Gasteiger partial charge in [-0.3, -0.25) is 9.59 Å². The molecule has 0 bridgehead atoms. The van der Waals surface area contributed by atoms with Crippen LogP contribution in [-0.4, -0.2) is 20.8 Å². The molecular weight excluding hydrogens is 298 g/mol. The highest BCUT2D eigenvalue weighted by Crippen LogP contribution is 2.25. The summed E-state index contributed by atoms with van der Waals surface area (Å²) in [5, 5.41) is 2.47. The SMILES string of the molecule is Cc1ccn(CCCNC(=O)C(Cl)(Cl)Cl)c(=O)c1. The second-order valence-corrected chi connectivity index (χ2v) is 6.12. The lowest BCUT2D eigenvalue weighted by Crippen LogP contribution is -2.35. The highest BCUT2D eigenvalue weighted by Gasteiger charge is 2.29. The van der Waals surface area contributed by atoms with Crippen molar-refractivity contribution in [3.05, 3.63) is 34.2 Å². The van der Waals surface area contributed by atoms with E-state index in [4.69, 9.17) is 34.8 Å².